The smallest absolute Gasteiger partial charge is 0.244 e. The van der Waals surface area contributed by atoms with Gasteiger partial charge in [0.05, 0.1) is 33.5 Å². The highest BCUT2D eigenvalue weighted by Gasteiger charge is 2.27. The van der Waals surface area contributed by atoms with Gasteiger partial charge in [0.1, 0.15) is 4.90 Å². The van der Waals surface area contributed by atoms with E-state index in [0.717, 1.165) is 29.9 Å². The minimum Gasteiger partial charge on any atom is -0.322 e. The summed E-state index contributed by atoms with van der Waals surface area (Å²) in [5, 5.41) is 8.07. The maximum atomic E-state index is 12.6. The van der Waals surface area contributed by atoms with E-state index >= 15 is 0 Å². The summed E-state index contributed by atoms with van der Waals surface area (Å²) >= 11 is 1.26. The van der Waals surface area contributed by atoms with Crippen molar-refractivity contribution in [2.45, 2.75) is 36.6 Å². The largest absolute Gasteiger partial charge is 0.322 e. The predicted octanol–water partition coefficient (Wildman–Crippen LogP) is 3.40. The number of nitrogens with one attached hydrogen (secondary N) is 1. The molecule has 1 aliphatic rings. The molecular weight excluding hydrogens is 446 g/mol. The van der Waals surface area contributed by atoms with Gasteiger partial charge in [-0.15, -0.1) is 0 Å². The Hall–Kier alpha value is -2.69. The average molecular weight is 472 g/mol. The van der Waals surface area contributed by atoms with Gasteiger partial charge in [0, 0.05) is 19.3 Å². The van der Waals surface area contributed by atoms with Crippen LogP contribution in [0, 0.1) is 13.8 Å². The number of para-hydroxylation sites is 1. The predicted molar refractivity (Wildman–Crippen MR) is 125 cm³/mol. The van der Waals surface area contributed by atoms with Crippen molar-refractivity contribution in [3.05, 3.63) is 60.0 Å². The molecule has 1 saturated heterocycles. The molecule has 0 spiro atoms. The van der Waals surface area contributed by atoms with Crippen LogP contribution in [-0.2, 0) is 14.8 Å². The van der Waals surface area contributed by atoms with Crippen molar-refractivity contribution in [3.8, 4) is 5.69 Å². The molecule has 32 heavy (non-hydrogen) atoms. The summed E-state index contributed by atoms with van der Waals surface area (Å²) in [6, 6.07) is 12.9. The average Bonchev–Trinajstić information content (AvgIpc) is 3.44. The number of nitrogens with zero attached hydrogens (tertiary/aromatic N) is 4. The highest BCUT2D eigenvalue weighted by Crippen LogP contribution is 2.25. The third kappa shape index (κ3) is 4.72. The summed E-state index contributed by atoms with van der Waals surface area (Å²) < 4.78 is 28.5. The van der Waals surface area contributed by atoms with E-state index in [0.29, 0.717) is 23.8 Å². The van der Waals surface area contributed by atoms with Gasteiger partial charge < -0.3 is 5.32 Å². The number of pyridine rings is 1. The van der Waals surface area contributed by atoms with Gasteiger partial charge in [0.2, 0.25) is 15.9 Å². The van der Waals surface area contributed by atoms with E-state index in [1.54, 1.807) is 16.8 Å². The molecule has 1 aromatic carbocycles. The summed E-state index contributed by atoms with van der Waals surface area (Å²) in [5.41, 5.74) is 3.21. The molecule has 0 unspecified atom stereocenters. The van der Waals surface area contributed by atoms with E-state index in [9.17, 15) is 13.2 Å². The zero-order chi connectivity index (χ0) is 22.7. The van der Waals surface area contributed by atoms with Gasteiger partial charge in [0.25, 0.3) is 0 Å². The Balaban J connectivity index is 1.38. The van der Waals surface area contributed by atoms with Crippen molar-refractivity contribution in [2.75, 3.05) is 24.2 Å². The molecule has 0 aliphatic carbocycles. The number of anilines is 1. The summed E-state index contributed by atoms with van der Waals surface area (Å²) in [7, 11) is -3.48. The van der Waals surface area contributed by atoms with E-state index < -0.39 is 10.0 Å². The fraction of sp³-hybridized carbons (Fsp3) is 0.318. The first kappa shape index (κ1) is 22.5. The number of hydrogen-bond acceptors (Lipinski definition) is 6. The highest BCUT2D eigenvalue weighted by molar-refractivity contribution is 7.99. The number of rotatable bonds is 7. The zero-order valence-electron chi connectivity index (χ0n) is 18.0. The van der Waals surface area contributed by atoms with E-state index in [4.69, 9.17) is 0 Å². The lowest BCUT2D eigenvalue weighted by molar-refractivity contribution is -0.113. The summed E-state index contributed by atoms with van der Waals surface area (Å²) in [6.07, 6.45) is 3.14. The molecule has 0 atom stereocenters. The molecule has 0 bridgehead atoms. The number of amides is 1. The first-order valence-corrected chi connectivity index (χ1v) is 12.8. The Morgan fingerprint density at radius 2 is 1.81 bits per heavy atom. The van der Waals surface area contributed by atoms with E-state index in [1.807, 2.05) is 44.2 Å². The topological polar surface area (TPSA) is 97.2 Å². The van der Waals surface area contributed by atoms with Crippen molar-refractivity contribution < 1.29 is 13.2 Å². The molecule has 0 saturated carbocycles. The Morgan fingerprint density at radius 3 is 2.47 bits per heavy atom. The fourth-order valence-corrected chi connectivity index (χ4v) is 5.75. The number of hydrogen-bond donors (Lipinski definition) is 1. The quantitative estimate of drug-likeness (QED) is 0.531. The van der Waals surface area contributed by atoms with Gasteiger partial charge in [-0.25, -0.2) is 18.1 Å². The fourth-order valence-electron chi connectivity index (χ4n) is 3.64. The molecule has 1 fully saturated rings. The minimum atomic E-state index is -3.48. The van der Waals surface area contributed by atoms with Crippen molar-refractivity contribution >= 4 is 33.4 Å². The number of carbonyl (C=O) groups excluding carboxylic acids is 1. The number of thioether (sulfide) groups is 1. The standard InChI is InChI=1S/C22H25N5O3S2/c1-16-22(17(2)27(25-16)18-8-4-3-5-9-18)24-20(28)15-31-21-11-10-19(14-23-21)32(29,30)26-12-6-7-13-26/h3-5,8-11,14H,6-7,12-13,15H2,1-2H3,(H,24,28). The van der Waals surface area contributed by atoms with Gasteiger partial charge in [0.15, 0.2) is 0 Å². The molecule has 10 heteroatoms. The summed E-state index contributed by atoms with van der Waals surface area (Å²) in [4.78, 5) is 17.0. The van der Waals surface area contributed by atoms with Gasteiger partial charge in [-0.3, -0.25) is 4.79 Å². The third-order valence-corrected chi connectivity index (χ3v) is 8.15. The molecule has 3 heterocycles. The van der Waals surface area contributed by atoms with Crippen LogP contribution in [0.5, 0.6) is 0 Å². The lowest BCUT2D eigenvalue weighted by Gasteiger charge is -2.15. The molecule has 2 aromatic heterocycles. The van der Waals surface area contributed by atoms with Crippen LogP contribution in [0.25, 0.3) is 5.69 Å². The van der Waals surface area contributed by atoms with Crippen molar-refractivity contribution in [2.24, 2.45) is 0 Å². The second-order valence-electron chi connectivity index (χ2n) is 7.57. The molecule has 1 N–H and O–H groups in total. The van der Waals surface area contributed by atoms with Crippen LogP contribution in [0.4, 0.5) is 5.69 Å². The maximum absolute atomic E-state index is 12.6. The number of aromatic nitrogens is 3. The zero-order valence-corrected chi connectivity index (χ0v) is 19.6. The Morgan fingerprint density at radius 1 is 1.09 bits per heavy atom. The van der Waals surface area contributed by atoms with Gasteiger partial charge in [-0.05, 0) is 51.0 Å². The van der Waals surface area contributed by atoms with Crippen LogP contribution < -0.4 is 5.32 Å². The molecule has 1 amide bonds. The van der Waals surface area contributed by atoms with Crippen molar-refractivity contribution in [3.63, 3.8) is 0 Å². The van der Waals surface area contributed by atoms with Crippen LogP contribution >= 0.6 is 11.8 Å². The third-order valence-electron chi connectivity index (χ3n) is 5.32. The second kappa shape index (κ2) is 9.43. The first-order valence-electron chi connectivity index (χ1n) is 10.4. The summed E-state index contributed by atoms with van der Waals surface area (Å²) in [5.74, 6) is -0.0231. The van der Waals surface area contributed by atoms with Gasteiger partial charge in [-0.1, -0.05) is 30.0 Å². The molecule has 0 radical (unpaired) electrons. The van der Waals surface area contributed by atoms with Gasteiger partial charge >= 0.3 is 0 Å². The number of benzene rings is 1. The Labute approximate surface area is 192 Å². The molecule has 4 rings (SSSR count). The Kier molecular flexibility index (Phi) is 6.63. The normalized spacial score (nSPS) is 14.6. The molecule has 168 valence electrons. The Bertz CT molecular complexity index is 1200. The highest BCUT2D eigenvalue weighted by atomic mass is 32.2. The van der Waals surface area contributed by atoms with E-state index in [1.165, 1.54) is 22.3 Å². The number of aryl methyl sites for hydroxylation is 1. The lowest BCUT2D eigenvalue weighted by Crippen LogP contribution is -2.27. The van der Waals surface area contributed by atoms with E-state index in [-0.39, 0.29) is 16.6 Å². The maximum Gasteiger partial charge on any atom is 0.244 e. The first-order chi connectivity index (χ1) is 15.4. The van der Waals surface area contributed by atoms with Crippen LogP contribution in [0.1, 0.15) is 24.2 Å². The molecule has 3 aromatic rings. The molecule has 8 nitrogen and oxygen atoms in total. The monoisotopic (exact) mass is 471 g/mol. The molecule has 1 aliphatic heterocycles. The van der Waals surface area contributed by atoms with Crippen molar-refractivity contribution in [1.82, 2.24) is 19.1 Å². The second-order valence-corrected chi connectivity index (χ2v) is 10.5. The van der Waals surface area contributed by atoms with Crippen LogP contribution in [0.15, 0.2) is 58.6 Å². The van der Waals surface area contributed by atoms with Crippen LogP contribution in [0.2, 0.25) is 0 Å². The lowest BCUT2D eigenvalue weighted by atomic mass is 10.3. The SMILES string of the molecule is Cc1nn(-c2ccccc2)c(C)c1NC(=O)CSc1ccc(S(=O)(=O)N2CCCC2)cn1. The minimum absolute atomic E-state index is 0.153. The van der Waals surface area contributed by atoms with E-state index in [2.05, 4.69) is 15.4 Å². The van der Waals surface area contributed by atoms with Crippen LogP contribution in [-0.4, -0.2) is 52.2 Å². The van der Waals surface area contributed by atoms with Gasteiger partial charge in [-0.2, -0.15) is 9.40 Å². The van der Waals surface area contributed by atoms with Crippen molar-refractivity contribution in [1.29, 1.82) is 0 Å². The number of carbonyl (C=O) groups is 1. The molecular formula is C22H25N5O3S2. The number of sulfonamides is 1. The van der Waals surface area contributed by atoms with Crippen LogP contribution in [0.3, 0.4) is 0 Å². The summed E-state index contributed by atoms with van der Waals surface area (Å²) in [6.45, 7) is 4.88.